The minimum absolute atomic E-state index is 0.272. The van der Waals surface area contributed by atoms with E-state index in [1.165, 1.54) is 12.1 Å². The van der Waals surface area contributed by atoms with E-state index in [4.69, 9.17) is 11.5 Å². The highest BCUT2D eigenvalue weighted by Crippen LogP contribution is 2.31. The first-order valence-electron chi connectivity index (χ1n) is 5.00. The van der Waals surface area contributed by atoms with Gasteiger partial charge < -0.3 is 11.5 Å². The molecule has 0 spiro atoms. The Morgan fingerprint density at radius 2 is 1.81 bits per heavy atom. The minimum atomic E-state index is -0.272. The quantitative estimate of drug-likeness (QED) is 0.720. The Morgan fingerprint density at radius 1 is 1.06 bits per heavy atom. The lowest BCUT2D eigenvalue weighted by Crippen LogP contribution is -1.98. The molecule has 4 N–H and O–H groups in total. The second-order valence-electron chi connectivity index (χ2n) is 3.75. The van der Waals surface area contributed by atoms with Gasteiger partial charge in [-0.15, -0.1) is 0 Å². The van der Waals surface area contributed by atoms with Gasteiger partial charge in [-0.1, -0.05) is 18.2 Å². The van der Waals surface area contributed by atoms with E-state index in [-0.39, 0.29) is 5.82 Å². The molecule has 0 aliphatic rings. The number of benzene rings is 2. The maximum Gasteiger partial charge on any atom is 0.123 e. The van der Waals surface area contributed by atoms with Gasteiger partial charge >= 0.3 is 0 Å². The first-order valence-corrected chi connectivity index (χ1v) is 5.00. The zero-order valence-corrected chi connectivity index (χ0v) is 9.00. The Balaban J connectivity index is 2.61. The van der Waals surface area contributed by atoms with E-state index in [9.17, 15) is 4.39 Å². The van der Waals surface area contributed by atoms with Crippen LogP contribution >= 0.6 is 0 Å². The Bertz CT molecular complexity index is 535. The number of nitrogens with two attached hydrogens (primary N) is 2. The van der Waals surface area contributed by atoms with E-state index in [1.807, 2.05) is 19.1 Å². The van der Waals surface area contributed by atoms with Crippen molar-refractivity contribution in [3.05, 3.63) is 47.8 Å². The lowest BCUT2D eigenvalue weighted by molar-refractivity contribution is 0.628. The first kappa shape index (κ1) is 10.5. The van der Waals surface area contributed by atoms with Crippen LogP contribution in [0.4, 0.5) is 15.8 Å². The largest absolute Gasteiger partial charge is 0.398 e. The molecule has 3 heteroatoms. The van der Waals surface area contributed by atoms with Crippen LogP contribution in [0.3, 0.4) is 0 Å². The molecule has 0 fully saturated rings. The normalized spacial score (nSPS) is 10.4. The van der Waals surface area contributed by atoms with Gasteiger partial charge in [0.1, 0.15) is 5.82 Å². The van der Waals surface area contributed by atoms with Crippen molar-refractivity contribution in [3.8, 4) is 11.1 Å². The average Bonchev–Trinajstić information content (AvgIpc) is 2.26. The van der Waals surface area contributed by atoms with Crippen LogP contribution in [0.5, 0.6) is 0 Å². The van der Waals surface area contributed by atoms with Gasteiger partial charge in [-0.3, -0.25) is 0 Å². The number of hydrogen-bond acceptors (Lipinski definition) is 2. The van der Waals surface area contributed by atoms with Crippen molar-refractivity contribution in [2.45, 2.75) is 6.92 Å². The third-order valence-electron chi connectivity index (χ3n) is 2.69. The molecule has 0 aromatic heterocycles. The Labute approximate surface area is 93.7 Å². The van der Waals surface area contributed by atoms with Crippen LogP contribution in [0.2, 0.25) is 0 Å². The highest BCUT2D eigenvalue weighted by Gasteiger charge is 2.07. The molecule has 82 valence electrons. The van der Waals surface area contributed by atoms with Crippen molar-refractivity contribution in [2.75, 3.05) is 11.5 Å². The van der Waals surface area contributed by atoms with Crippen LogP contribution in [-0.4, -0.2) is 0 Å². The molecule has 2 nitrogen and oxygen atoms in total. The molecule has 0 saturated heterocycles. The topological polar surface area (TPSA) is 52.0 Å². The van der Waals surface area contributed by atoms with Gasteiger partial charge in [0.2, 0.25) is 0 Å². The average molecular weight is 216 g/mol. The number of anilines is 2. The number of halogens is 1. The predicted molar refractivity (Wildman–Crippen MR) is 65.4 cm³/mol. The number of rotatable bonds is 1. The molecule has 2 aromatic rings. The molecule has 0 aliphatic heterocycles. The summed E-state index contributed by atoms with van der Waals surface area (Å²) in [6.07, 6.45) is 0. The second kappa shape index (κ2) is 3.85. The molecule has 0 aliphatic carbocycles. The highest BCUT2D eigenvalue weighted by molar-refractivity contribution is 5.82. The van der Waals surface area contributed by atoms with Gasteiger partial charge in [-0.2, -0.15) is 0 Å². The predicted octanol–water partition coefficient (Wildman–Crippen LogP) is 2.97. The molecule has 0 radical (unpaired) electrons. The summed E-state index contributed by atoms with van der Waals surface area (Å²) in [5, 5.41) is 0. The second-order valence-corrected chi connectivity index (χ2v) is 3.75. The van der Waals surface area contributed by atoms with Crippen LogP contribution in [0, 0.1) is 12.7 Å². The van der Waals surface area contributed by atoms with Crippen molar-refractivity contribution in [1.82, 2.24) is 0 Å². The molecule has 0 saturated carbocycles. The van der Waals surface area contributed by atoms with Crippen molar-refractivity contribution >= 4 is 11.4 Å². The summed E-state index contributed by atoms with van der Waals surface area (Å²) in [6.45, 7) is 1.85. The molecule has 0 unspecified atom stereocenters. The lowest BCUT2D eigenvalue weighted by atomic mass is 10.00. The van der Waals surface area contributed by atoms with Gasteiger partial charge in [-0.05, 0) is 36.2 Å². The van der Waals surface area contributed by atoms with E-state index in [1.54, 1.807) is 12.1 Å². The third-order valence-corrected chi connectivity index (χ3v) is 2.69. The maximum absolute atomic E-state index is 13.1. The van der Waals surface area contributed by atoms with Crippen LogP contribution < -0.4 is 11.5 Å². The van der Waals surface area contributed by atoms with Crippen molar-refractivity contribution in [3.63, 3.8) is 0 Å². The van der Waals surface area contributed by atoms with Crippen LogP contribution in [0.15, 0.2) is 36.4 Å². The van der Waals surface area contributed by atoms with Gasteiger partial charge in [0.25, 0.3) is 0 Å². The fourth-order valence-electron chi connectivity index (χ4n) is 1.65. The van der Waals surface area contributed by atoms with E-state index in [0.717, 1.165) is 16.7 Å². The Kier molecular flexibility index (Phi) is 2.52. The third kappa shape index (κ3) is 1.72. The summed E-state index contributed by atoms with van der Waals surface area (Å²) < 4.78 is 13.1. The highest BCUT2D eigenvalue weighted by atomic mass is 19.1. The summed E-state index contributed by atoms with van der Waals surface area (Å²) in [6, 6.07) is 9.95. The van der Waals surface area contributed by atoms with E-state index < -0.39 is 0 Å². The molecule has 0 atom stereocenters. The molecular weight excluding hydrogens is 203 g/mol. The summed E-state index contributed by atoms with van der Waals surface area (Å²) in [5.74, 6) is -0.272. The van der Waals surface area contributed by atoms with Crippen molar-refractivity contribution in [2.24, 2.45) is 0 Å². The monoisotopic (exact) mass is 216 g/mol. The van der Waals surface area contributed by atoms with Crippen LogP contribution in [0.25, 0.3) is 11.1 Å². The molecule has 0 bridgehead atoms. The molecule has 2 rings (SSSR count). The summed E-state index contributed by atoms with van der Waals surface area (Å²) >= 11 is 0. The van der Waals surface area contributed by atoms with E-state index >= 15 is 0 Å². The molecular formula is C13H13FN2. The van der Waals surface area contributed by atoms with Crippen LogP contribution in [-0.2, 0) is 0 Å². The van der Waals surface area contributed by atoms with E-state index in [0.29, 0.717) is 11.4 Å². The minimum Gasteiger partial charge on any atom is -0.398 e. The fourth-order valence-corrected chi connectivity index (χ4v) is 1.65. The number of hydrogen-bond donors (Lipinski definition) is 2. The zero-order valence-electron chi connectivity index (χ0n) is 9.00. The number of nitrogen functional groups attached to an aromatic ring is 2. The van der Waals surface area contributed by atoms with Gasteiger partial charge in [0.15, 0.2) is 0 Å². The molecule has 0 heterocycles. The standard InChI is InChI=1S/C13H13FN2/c1-8-12(15)6-5-11(13(8)16)9-3-2-4-10(14)7-9/h2-7H,15-16H2,1H3. The summed E-state index contributed by atoms with van der Waals surface area (Å²) in [7, 11) is 0. The Hall–Kier alpha value is -2.03. The summed E-state index contributed by atoms with van der Waals surface area (Å²) in [5.41, 5.74) is 15.4. The van der Waals surface area contributed by atoms with E-state index in [2.05, 4.69) is 0 Å². The first-order chi connectivity index (χ1) is 7.59. The van der Waals surface area contributed by atoms with Crippen LogP contribution in [0.1, 0.15) is 5.56 Å². The lowest BCUT2D eigenvalue weighted by Gasteiger charge is -2.10. The van der Waals surface area contributed by atoms with Gasteiger partial charge in [0.05, 0.1) is 0 Å². The van der Waals surface area contributed by atoms with Crippen molar-refractivity contribution < 1.29 is 4.39 Å². The smallest absolute Gasteiger partial charge is 0.123 e. The Morgan fingerprint density at radius 3 is 2.50 bits per heavy atom. The molecule has 2 aromatic carbocycles. The zero-order chi connectivity index (χ0) is 11.7. The van der Waals surface area contributed by atoms with Gasteiger partial charge in [-0.25, -0.2) is 4.39 Å². The summed E-state index contributed by atoms with van der Waals surface area (Å²) in [4.78, 5) is 0. The molecule has 0 amide bonds. The fraction of sp³-hybridized carbons (Fsp3) is 0.0769. The SMILES string of the molecule is Cc1c(N)ccc(-c2cccc(F)c2)c1N. The molecule has 16 heavy (non-hydrogen) atoms. The van der Waals surface area contributed by atoms with Gasteiger partial charge in [0, 0.05) is 16.9 Å². The maximum atomic E-state index is 13.1. The van der Waals surface area contributed by atoms with Crippen molar-refractivity contribution in [1.29, 1.82) is 0 Å².